The first-order valence-corrected chi connectivity index (χ1v) is 7.92. The second-order valence-electron chi connectivity index (χ2n) is 5.83. The molecule has 1 saturated heterocycles. The Labute approximate surface area is 138 Å². The van der Waals surface area contributed by atoms with Gasteiger partial charge in [-0.3, -0.25) is 4.79 Å². The van der Waals surface area contributed by atoms with Crippen molar-refractivity contribution >= 4 is 5.91 Å². The van der Waals surface area contributed by atoms with Crippen LogP contribution < -0.4 is 0 Å². The quantitative estimate of drug-likeness (QED) is 0.726. The van der Waals surface area contributed by atoms with Gasteiger partial charge in [0.05, 0.1) is 23.6 Å². The van der Waals surface area contributed by atoms with Crippen LogP contribution in [0.1, 0.15) is 29.2 Å². The van der Waals surface area contributed by atoms with Crippen LogP contribution in [0.5, 0.6) is 0 Å². The normalized spacial score (nSPS) is 17.8. The summed E-state index contributed by atoms with van der Waals surface area (Å²) in [4.78, 5) is 19.1. The Balaban J connectivity index is 1.60. The standard InChI is InChI=1S/C16H17N7O/c24-16(14-5-1-2-6-15(14)23-12-18-19-20-23)21-8-3-4-13(10-21)22-9-7-17-11-22/h1-2,5-7,9,11-13H,3-4,8,10H2. The molecule has 8 heteroatoms. The summed E-state index contributed by atoms with van der Waals surface area (Å²) < 4.78 is 3.59. The van der Waals surface area contributed by atoms with Crippen LogP contribution in [0.3, 0.4) is 0 Å². The number of likely N-dealkylation sites (tertiary alicyclic amines) is 1. The van der Waals surface area contributed by atoms with Gasteiger partial charge in [-0.1, -0.05) is 12.1 Å². The average molecular weight is 323 g/mol. The van der Waals surface area contributed by atoms with E-state index in [1.165, 1.54) is 11.0 Å². The number of piperidine rings is 1. The third kappa shape index (κ3) is 2.66. The van der Waals surface area contributed by atoms with Crippen LogP contribution >= 0.6 is 0 Å². The van der Waals surface area contributed by atoms with E-state index in [2.05, 4.69) is 25.1 Å². The molecule has 3 aromatic rings. The number of carbonyl (C=O) groups excluding carboxylic acids is 1. The third-order valence-corrected chi connectivity index (χ3v) is 4.36. The summed E-state index contributed by atoms with van der Waals surface area (Å²) in [6.07, 6.45) is 9.06. The Kier molecular flexibility index (Phi) is 3.78. The smallest absolute Gasteiger partial charge is 0.256 e. The first-order chi connectivity index (χ1) is 11.8. The van der Waals surface area contributed by atoms with E-state index in [-0.39, 0.29) is 11.9 Å². The molecule has 1 aliphatic rings. The van der Waals surface area contributed by atoms with Crippen molar-refractivity contribution in [3.63, 3.8) is 0 Å². The summed E-state index contributed by atoms with van der Waals surface area (Å²) in [6, 6.07) is 7.67. The van der Waals surface area contributed by atoms with Crippen LogP contribution in [-0.4, -0.2) is 53.7 Å². The number of rotatable bonds is 3. The molecule has 0 spiro atoms. The van der Waals surface area contributed by atoms with Crippen molar-refractivity contribution in [3.05, 3.63) is 54.9 Å². The maximum Gasteiger partial charge on any atom is 0.256 e. The molecule has 1 unspecified atom stereocenters. The molecule has 24 heavy (non-hydrogen) atoms. The van der Waals surface area contributed by atoms with E-state index in [4.69, 9.17) is 0 Å². The molecule has 0 radical (unpaired) electrons. The molecular formula is C16H17N7O. The number of tetrazole rings is 1. The number of aromatic nitrogens is 6. The molecule has 0 aliphatic carbocycles. The second-order valence-corrected chi connectivity index (χ2v) is 5.83. The predicted molar refractivity (Wildman–Crippen MR) is 85.6 cm³/mol. The van der Waals surface area contributed by atoms with Crippen molar-refractivity contribution in [1.82, 2.24) is 34.7 Å². The number of carbonyl (C=O) groups is 1. The van der Waals surface area contributed by atoms with Crippen LogP contribution in [0, 0.1) is 0 Å². The van der Waals surface area contributed by atoms with E-state index < -0.39 is 0 Å². The zero-order chi connectivity index (χ0) is 16.4. The molecule has 1 aromatic carbocycles. The van der Waals surface area contributed by atoms with Crippen LogP contribution in [0.4, 0.5) is 0 Å². The van der Waals surface area contributed by atoms with Gasteiger partial charge in [-0.25, -0.2) is 4.98 Å². The van der Waals surface area contributed by atoms with Gasteiger partial charge in [0.15, 0.2) is 0 Å². The van der Waals surface area contributed by atoms with Gasteiger partial charge in [-0.15, -0.1) is 5.10 Å². The topological polar surface area (TPSA) is 81.7 Å². The zero-order valence-corrected chi connectivity index (χ0v) is 13.1. The van der Waals surface area contributed by atoms with Gasteiger partial charge in [0.2, 0.25) is 0 Å². The van der Waals surface area contributed by atoms with Gasteiger partial charge in [0.25, 0.3) is 5.91 Å². The van der Waals surface area contributed by atoms with Crippen molar-refractivity contribution in [2.24, 2.45) is 0 Å². The summed E-state index contributed by atoms with van der Waals surface area (Å²) in [6.45, 7) is 1.44. The number of amides is 1. The number of benzene rings is 1. The monoisotopic (exact) mass is 323 g/mol. The van der Waals surface area contributed by atoms with Crippen LogP contribution in [0.25, 0.3) is 5.69 Å². The van der Waals surface area contributed by atoms with Crippen molar-refractivity contribution in [3.8, 4) is 5.69 Å². The Morgan fingerprint density at radius 3 is 2.92 bits per heavy atom. The van der Waals surface area contributed by atoms with E-state index in [0.717, 1.165) is 19.4 Å². The van der Waals surface area contributed by atoms with E-state index in [0.29, 0.717) is 17.8 Å². The fourth-order valence-electron chi connectivity index (χ4n) is 3.16. The molecular weight excluding hydrogens is 306 g/mol. The average Bonchev–Trinajstić information content (AvgIpc) is 3.35. The summed E-state index contributed by atoms with van der Waals surface area (Å²) in [5.74, 6) is 0.00548. The lowest BCUT2D eigenvalue weighted by Gasteiger charge is -2.33. The minimum Gasteiger partial charge on any atom is -0.337 e. The lowest BCUT2D eigenvalue weighted by molar-refractivity contribution is 0.0679. The molecule has 8 nitrogen and oxygen atoms in total. The first-order valence-electron chi connectivity index (χ1n) is 7.92. The number of para-hydroxylation sites is 1. The molecule has 1 aliphatic heterocycles. The lowest BCUT2D eigenvalue weighted by atomic mass is 10.0. The van der Waals surface area contributed by atoms with Crippen molar-refractivity contribution in [2.75, 3.05) is 13.1 Å². The highest BCUT2D eigenvalue weighted by Gasteiger charge is 2.26. The molecule has 122 valence electrons. The number of hydrogen-bond acceptors (Lipinski definition) is 5. The largest absolute Gasteiger partial charge is 0.337 e. The van der Waals surface area contributed by atoms with Crippen LogP contribution in [0.15, 0.2) is 49.3 Å². The Bertz CT molecular complexity index is 813. The zero-order valence-electron chi connectivity index (χ0n) is 13.1. The first kappa shape index (κ1) is 14.6. The third-order valence-electron chi connectivity index (χ3n) is 4.36. The van der Waals surface area contributed by atoms with Crippen molar-refractivity contribution < 1.29 is 4.79 Å². The maximum atomic E-state index is 13.1. The fourth-order valence-corrected chi connectivity index (χ4v) is 3.16. The number of hydrogen-bond donors (Lipinski definition) is 0. The van der Waals surface area contributed by atoms with Crippen LogP contribution in [0.2, 0.25) is 0 Å². The maximum absolute atomic E-state index is 13.1. The van der Waals surface area contributed by atoms with Gasteiger partial charge in [-0.2, -0.15) is 4.68 Å². The van der Waals surface area contributed by atoms with E-state index in [9.17, 15) is 4.79 Å². The fraction of sp³-hybridized carbons (Fsp3) is 0.312. The van der Waals surface area contributed by atoms with Gasteiger partial charge in [0, 0.05) is 25.5 Å². The lowest BCUT2D eigenvalue weighted by Crippen LogP contribution is -2.40. The number of imidazole rings is 1. The van der Waals surface area contributed by atoms with Gasteiger partial charge < -0.3 is 9.47 Å². The molecule has 0 bridgehead atoms. The highest BCUT2D eigenvalue weighted by molar-refractivity contribution is 5.97. The number of nitrogens with zero attached hydrogens (tertiary/aromatic N) is 7. The summed E-state index contributed by atoms with van der Waals surface area (Å²) >= 11 is 0. The highest BCUT2D eigenvalue weighted by atomic mass is 16.2. The van der Waals surface area contributed by atoms with E-state index in [1.807, 2.05) is 41.7 Å². The SMILES string of the molecule is O=C(c1ccccc1-n1cnnn1)N1CCCC(n2ccnc2)C1. The molecule has 0 N–H and O–H groups in total. The Morgan fingerprint density at radius 2 is 2.12 bits per heavy atom. The summed E-state index contributed by atoms with van der Waals surface area (Å²) in [5.41, 5.74) is 1.30. The second kappa shape index (κ2) is 6.23. The molecule has 1 amide bonds. The van der Waals surface area contributed by atoms with Gasteiger partial charge in [-0.05, 0) is 35.4 Å². The predicted octanol–water partition coefficient (Wildman–Crippen LogP) is 1.34. The molecule has 1 fully saturated rings. The van der Waals surface area contributed by atoms with E-state index in [1.54, 1.807) is 6.20 Å². The Hall–Kier alpha value is -3.03. The molecule has 1 atom stereocenters. The highest BCUT2D eigenvalue weighted by Crippen LogP contribution is 2.24. The summed E-state index contributed by atoms with van der Waals surface area (Å²) in [7, 11) is 0. The van der Waals surface area contributed by atoms with Gasteiger partial charge in [0.1, 0.15) is 6.33 Å². The molecule has 3 heterocycles. The van der Waals surface area contributed by atoms with E-state index >= 15 is 0 Å². The van der Waals surface area contributed by atoms with Crippen LogP contribution in [-0.2, 0) is 0 Å². The molecule has 0 saturated carbocycles. The summed E-state index contributed by atoms with van der Waals surface area (Å²) in [5, 5.41) is 11.2. The van der Waals surface area contributed by atoms with Crippen molar-refractivity contribution in [1.29, 1.82) is 0 Å². The molecule has 2 aromatic heterocycles. The molecule has 4 rings (SSSR count). The minimum absolute atomic E-state index is 0.00548. The van der Waals surface area contributed by atoms with Crippen molar-refractivity contribution in [2.45, 2.75) is 18.9 Å². The Morgan fingerprint density at radius 1 is 1.21 bits per heavy atom. The van der Waals surface area contributed by atoms with Gasteiger partial charge >= 0.3 is 0 Å². The minimum atomic E-state index is 0.00548.